The number of nitrogens with one attached hydrogen (secondary N) is 1. The summed E-state index contributed by atoms with van der Waals surface area (Å²) in [6, 6.07) is 4.91. The molecular weight excluding hydrogens is 264 g/mol. The van der Waals surface area contributed by atoms with E-state index in [9.17, 15) is 0 Å². The van der Waals surface area contributed by atoms with Crippen molar-refractivity contribution in [3.63, 3.8) is 0 Å². The maximum absolute atomic E-state index is 5.86. The van der Waals surface area contributed by atoms with Crippen LogP contribution in [-0.4, -0.2) is 44.3 Å². The summed E-state index contributed by atoms with van der Waals surface area (Å²) in [6.07, 6.45) is 3.70. The topological polar surface area (TPSA) is 33.7 Å². The average molecular weight is 290 g/mol. The van der Waals surface area contributed by atoms with E-state index in [1.165, 1.54) is 37.1 Å². The van der Waals surface area contributed by atoms with Gasteiger partial charge >= 0.3 is 0 Å². The predicted molar refractivity (Wildman–Crippen MR) is 84.1 cm³/mol. The second-order valence-electron chi connectivity index (χ2n) is 6.36. The molecule has 116 valence electrons. The molecule has 1 atom stereocenters. The van der Waals surface area contributed by atoms with Crippen molar-refractivity contribution in [2.24, 2.45) is 0 Å². The van der Waals surface area contributed by atoms with Gasteiger partial charge in [-0.2, -0.15) is 0 Å². The van der Waals surface area contributed by atoms with E-state index in [1.54, 1.807) is 7.11 Å². The third-order valence-electron chi connectivity index (χ3n) is 4.60. The van der Waals surface area contributed by atoms with Crippen molar-refractivity contribution < 1.29 is 9.47 Å². The number of likely N-dealkylation sites (tertiary alicyclic amines) is 1. The van der Waals surface area contributed by atoms with E-state index in [1.807, 2.05) is 0 Å². The maximum atomic E-state index is 5.86. The molecule has 0 saturated carbocycles. The van der Waals surface area contributed by atoms with Gasteiger partial charge in [-0.05, 0) is 52.0 Å². The van der Waals surface area contributed by atoms with Gasteiger partial charge in [0.2, 0.25) is 0 Å². The Morgan fingerprint density at radius 1 is 1.33 bits per heavy atom. The Kier molecular flexibility index (Phi) is 4.36. The number of benzene rings is 1. The molecule has 4 heteroatoms. The third-order valence-corrected chi connectivity index (χ3v) is 4.60. The van der Waals surface area contributed by atoms with Crippen molar-refractivity contribution in [2.45, 2.75) is 44.9 Å². The van der Waals surface area contributed by atoms with E-state index in [2.05, 4.69) is 36.3 Å². The smallest absolute Gasteiger partial charge is 0.123 e. The van der Waals surface area contributed by atoms with Crippen LogP contribution < -0.4 is 14.8 Å². The highest BCUT2D eigenvalue weighted by atomic mass is 16.5. The highest BCUT2D eigenvalue weighted by Crippen LogP contribution is 2.35. The number of fused-ring (bicyclic) bond motifs is 1. The Bertz CT molecular complexity index is 496. The van der Waals surface area contributed by atoms with Gasteiger partial charge in [-0.25, -0.2) is 0 Å². The number of methoxy groups -OCH3 is 1. The molecule has 1 aromatic carbocycles. The Morgan fingerprint density at radius 2 is 2.10 bits per heavy atom. The fourth-order valence-corrected chi connectivity index (χ4v) is 3.28. The largest absolute Gasteiger partial charge is 0.496 e. The van der Waals surface area contributed by atoms with Crippen LogP contribution >= 0.6 is 0 Å². The highest BCUT2D eigenvalue weighted by Gasteiger charge is 2.22. The van der Waals surface area contributed by atoms with Gasteiger partial charge in [0.1, 0.15) is 17.6 Å². The lowest BCUT2D eigenvalue weighted by Gasteiger charge is -2.29. The second kappa shape index (κ2) is 6.24. The van der Waals surface area contributed by atoms with Crippen molar-refractivity contribution in [3.05, 3.63) is 23.3 Å². The highest BCUT2D eigenvalue weighted by molar-refractivity contribution is 5.48. The van der Waals surface area contributed by atoms with Gasteiger partial charge in [0, 0.05) is 30.1 Å². The lowest BCUT2D eigenvalue weighted by atomic mass is 10.0. The molecule has 2 aliphatic rings. The fourth-order valence-electron chi connectivity index (χ4n) is 3.28. The van der Waals surface area contributed by atoms with Crippen LogP contribution in [0.3, 0.4) is 0 Å². The van der Waals surface area contributed by atoms with Crippen molar-refractivity contribution >= 4 is 0 Å². The van der Waals surface area contributed by atoms with Crippen LogP contribution in [0.5, 0.6) is 11.5 Å². The Morgan fingerprint density at radius 3 is 2.81 bits per heavy atom. The van der Waals surface area contributed by atoms with Crippen molar-refractivity contribution in [3.8, 4) is 11.5 Å². The summed E-state index contributed by atoms with van der Waals surface area (Å²) in [6.45, 7) is 5.32. The molecule has 1 N–H and O–H groups in total. The minimum Gasteiger partial charge on any atom is -0.496 e. The maximum Gasteiger partial charge on any atom is 0.123 e. The van der Waals surface area contributed by atoms with Crippen LogP contribution in [0.2, 0.25) is 0 Å². The van der Waals surface area contributed by atoms with E-state index in [0.717, 1.165) is 24.5 Å². The summed E-state index contributed by atoms with van der Waals surface area (Å²) in [5, 5.41) is 3.67. The van der Waals surface area contributed by atoms with Crippen LogP contribution in [0, 0.1) is 0 Å². The molecule has 4 nitrogen and oxygen atoms in total. The summed E-state index contributed by atoms with van der Waals surface area (Å²) in [4.78, 5) is 2.39. The minimum absolute atomic E-state index is 0.279. The van der Waals surface area contributed by atoms with Crippen molar-refractivity contribution in [1.82, 2.24) is 10.2 Å². The first-order chi connectivity index (χ1) is 10.2. The molecule has 3 rings (SSSR count). The van der Waals surface area contributed by atoms with E-state index in [4.69, 9.17) is 9.47 Å². The molecule has 0 aliphatic carbocycles. The van der Waals surface area contributed by atoms with E-state index >= 15 is 0 Å². The molecular formula is C17H26N2O2. The average Bonchev–Trinajstić information content (AvgIpc) is 2.84. The molecule has 2 aliphatic heterocycles. The molecule has 0 bridgehead atoms. The summed E-state index contributed by atoms with van der Waals surface area (Å²) in [5.41, 5.74) is 2.46. The van der Waals surface area contributed by atoms with Crippen molar-refractivity contribution in [1.29, 1.82) is 0 Å². The number of hydrogen-bond acceptors (Lipinski definition) is 4. The first-order valence-corrected chi connectivity index (χ1v) is 7.94. The number of piperidine rings is 1. The zero-order chi connectivity index (χ0) is 14.8. The number of hydrogen-bond donors (Lipinski definition) is 1. The van der Waals surface area contributed by atoms with E-state index in [-0.39, 0.29) is 6.10 Å². The van der Waals surface area contributed by atoms with Crippen LogP contribution in [-0.2, 0) is 13.0 Å². The van der Waals surface area contributed by atoms with Crippen LogP contribution in [0.1, 0.15) is 30.9 Å². The van der Waals surface area contributed by atoms with Gasteiger partial charge in [0.05, 0.1) is 7.11 Å². The first kappa shape index (κ1) is 14.7. The zero-order valence-corrected chi connectivity index (χ0v) is 13.3. The fraction of sp³-hybridized carbons (Fsp3) is 0.647. The third kappa shape index (κ3) is 3.33. The van der Waals surface area contributed by atoms with Gasteiger partial charge in [0.25, 0.3) is 0 Å². The minimum atomic E-state index is 0.279. The Hall–Kier alpha value is -1.26. The van der Waals surface area contributed by atoms with Gasteiger partial charge in [-0.1, -0.05) is 0 Å². The van der Waals surface area contributed by atoms with Gasteiger partial charge < -0.3 is 19.7 Å². The van der Waals surface area contributed by atoms with Crippen LogP contribution in [0.25, 0.3) is 0 Å². The molecule has 1 aromatic rings. The van der Waals surface area contributed by atoms with Crippen LogP contribution in [0.4, 0.5) is 0 Å². The monoisotopic (exact) mass is 290 g/mol. The SMILES string of the molecule is COc1cc2c(cc1CNC1CCN(C)CC1)O[C@@H](C)C2. The molecule has 0 amide bonds. The van der Waals surface area contributed by atoms with Gasteiger partial charge in [0.15, 0.2) is 0 Å². The van der Waals surface area contributed by atoms with Crippen LogP contribution in [0.15, 0.2) is 12.1 Å². The Labute approximate surface area is 127 Å². The normalized spacial score (nSPS) is 22.9. The second-order valence-corrected chi connectivity index (χ2v) is 6.36. The molecule has 0 aromatic heterocycles. The quantitative estimate of drug-likeness (QED) is 0.922. The van der Waals surface area contributed by atoms with Crippen molar-refractivity contribution in [2.75, 3.05) is 27.2 Å². The summed E-state index contributed by atoms with van der Waals surface area (Å²) >= 11 is 0. The summed E-state index contributed by atoms with van der Waals surface area (Å²) in [5.74, 6) is 2.01. The number of nitrogens with zero attached hydrogens (tertiary/aromatic N) is 1. The van der Waals surface area contributed by atoms with Gasteiger partial charge in [-0.15, -0.1) is 0 Å². The zero-order valence-electron chi connectivity index (χ0n) is 13.3. The molecule has 21 heavy (non-hydrogen) atoms. The summed E-state index contributed by atoms with van der Waals surface area (Å²) in [7, 11) is 3.94. The molecule has 2 heterocycles. The molecule has 0 spiro atoms. The molecule has 0 radical (unpaired) electrons. The Balaban J connectivity index is 1.66. The lowest BCUT2D eigenvalue weighted by molar-refractivity contribution is 0.233. The number of ether oxygens (including phenoxy) is 2. The standard InChI is InChI=1S/C17H26N2O2/c1-12-8-13-9-16(20-3)14(10-17(13)21-12)11-18-15-4-6-19(2)7-5-15/h9-10,12,15,18H,4-8,11H2,1-3H3/t12-/m0/s1. The summed E-state index contributed by atoms with van der Waals surface area (Å²) < 4.78 is 11.4. The van der Waals surface area contributed by atoms with E-state index < -0.39 is 0 Å². The van der Waals surface area contributed by atoms with E-state index in [0.29, 0.717) is 6.04 Å². The molecule has 0 unspecified atom stereocenters. The molecule has 1 fully saturated rings. The lowest BCUT2D eigenvalue weighted by Crippen LogP contribution is -2.40. The predicted octanol–water partition coefficient (Wildman–Crippen LogP) is 2.20. The number of rotatable bonds is 4. The first-order valence-electron chi connectivity index (χ1n) is 7.94. The molecule has 1 saturated heterocycles. The van der Waals surface area contributed by atoms with Gasteiger partial charge in [-0.3, -0.25) is 0 Å².